The Balaban J connectivity index is 2.40. The lowest BCUT2D eigenvalue weighted by atomic mass is 9.82. The average Bonchev–Trinajstić information content (AvgIpc) is 2.35. The van der Waals surface area contributed by atoms with Gasteiger partial charge in [-0.2, -0.15) is 0 Å². The fraction of sp³-hybridized carbons (Fsp3) is 0.684. The van der Waals surface area contributed by atoms with Crippen LogP contribution < -0.4 is 10.1 Å². The summed E-state index contributed by atoms with van der Waals surface area (Å²) in [6.07, 6.45) is 0.533. The number of benzene rings is 1. The van der Waals surface area contributed by atoms with Gasteiger partial charge in [-0.1, -0.05) is 26.8 Å². The minimum Gasteiger partial charge on any atom is -0.491 e. The topological polar surface area (TPSA) is 41.5 Å². The molecule has 3 nitrogen and oxygen atoms in total. The van der Waals surface area contributed by atoms with Gasteiger partial charge < -0.3 is 15.2 Å². The van der Waals surface area contributed by atoms with Crippen molar-refractivity contribution >= 4 is 0 Å². The maximum Gasteiger partial charge on any atom is 0.119 e. The van der Waals surface area contributed by atoms with Gasteiger partial charge in [0.15, 0.2) is 0 Å². The van der Waals surface area contributed by atoms with E-state index in [4.69, 9.17) is 4.74 Å². The highest BCUT2D eigenvalue weighted by Gasteiger charge is 2.25. The predicted molar refractivity (Wildman–Crippen MR) is 93.6 cm³/mol. The first-order chi connectivity index (χ1) is 9.98. The van der Waals surface area contributed by atoms with E-state index in [1.807, 2.05) is 18.2 Å². The first kappa shape index (κ1) is 19.0. The Bertz CT molecular complexity index is 475. The molecule has 3 heteroatoms. The van der Waals surface area contributed by atoms with Crippen LogP contribution in [0.25, 0.3) is 0 Å². The highest BCUT2D eigenvalue weighted by Crippen LogP contribution is 2.26. The molecule has 0 saturated carbocycles. The molecule has 0 aromatic heterocycles. The third kappa shape index (κ3) is 7.28. The SMILES string of the molecule is Cc1ccc(OCC(O)CNC(C)(C)CC(C)(C)C)cc1C. The molecular formula is C19H33NO2. The number of rotatable bonds is 7. The number of ether oxygens (including phenoxy) is 1. The van der Waals surface area contributed by atoms with E-state index in [9.17, 15) is 5.11 Å². The lowest BCUT2D eigenvalue weighted by molar-refractivity contribution is 0.0944. The van der Waals surface area contributed by atoms with Crippen LogP contribution in [0.2, 0.25) is 0 Å². The van der Waals surface area contributed by atoms with Gasteiger partial charge in [0.25, 0.3) is 0 Å². The second-order valence-electron chi connectivity index (χ2n) is 8.21. The van der Waals surface area contributed by atoms with Crippen LogP contribution in [0.15, 0.2) is 18.2 Å². The van der Waals surface area contributed by atoms with Crippen molar-refractivity contribution in [2.75, 3.05) is 13.2 Å². The largest absolute Gasteiger partial charge is 0.491 e. The van der Waals surface area contributed by atoms with E-state index >= 15 is 0 Å². The maximum absolute atomic E-state index is 10.1. The molecule has 1 atom stereocenters. The van der Waals surface area contributed by atoms with Gasteiger partial charge in [0.2, 0.25) is 0 Å². The molecule has 1 rings (SSSR count). The molecule has 0 aliphatic rings. The third-order valence-corrected chi connectivity index (χ3v) is 3.71. The first-order valence-corrected chi connectivity index (χ1v) is 8.12. The van der Waals surface area contributed by atoms with Crippen molar-refractivity contribution in [1.82, 2.24) is 5.32 Å². The number of hydrogen-bond donors (Lipinski definition) is 2. The minimum absolute atomic E-state index is 0.000320. The number of aliphatic hydroxyl groups excluding tert-OH is 1. The normalized spacial score (nSPS) is 14.0. The van der Waals surface area contributed by atoms with E-state index in [0.29, 0.717) is 13.2 Å². The van der Waals surface area contributed by atoms with Crippen LogP contribution in [0.3, 0.4) is 0 Å². The van der Waals surface area contributed by atoms with E-state index in [-0.39, 0.29) is 11.0 Å². The number of hydrogen-bond acceptors (Lipinski definition) is 3. The molecule has 0 fully saturated rings. The van der Waals surface area contributed by atoms with Crippen LogP contribution in [0.1, 0.15) is 52.2 Å². The smallest absolute Gasteiger partial charge is 0.119 e. The molecule has 1 unspecified atom stereocenters. The van der Waals surface area contributed by atoms with Crippen LogP contribution in [0.4, 0.5) is 0 Å². The fourth-order valence-electron chi connectivity index (χ4n) is 2.84. The second-order valence-corrected chi connectivity index (χ2v) is 8.21. The molecule has 126 valence electrons. The Hall–Kier alpha value is -1.06. The monoisotopic (exact) mass is 307 g/mol. The van der Waals surface area contributed by atoms with Gasteiger partial charge in [-0.3, -0.25) is 0 Å². The highest BCUT2D eigenvalue weighted by atomic mass is 16.5. The Kier molecular flexibility index (Phi) is 6.45. The molecule has 0 radical (unpaired) electrons. The zero-order chi connectivity index (χ0) is 17.0. The van der Waals surface area contributed by atoms with Crippen LogP contribution in [-0.2, 0) is 0 Å². The van der Waals surface area contributed by atoms with Gasteiger partial charge in [-0.15, -0.1) is 0 Å². The van der Waals surface area contributed by atoms with Gasteiger partial charge in [-0.05, 0) is 62.8 Å². The van der Waals surface area contributed by atoms with E-state index in [2.05, 4.69) is 53.8 Å². The van der Waals surface area contributed by atoms with Crippen molar-refractivity contribution in [3.8, 4) is 5.75 Å². The van der Waals surface area contributed by atoms with Crippen molar-refractivity contribution < 1.29 is 9.84 Å². The average molecular weight is 307 g/mol. The van der Waals surface area contributed by atoms with E-state index in [0.717, 1.165) is 12.2 Å². The summed E-state index contributed by atoms with van der Waals surface area (Å²) < 4.78 is 5.68. The number of aryl methyl sites for hydroxylation is 2. The van der Waals surface area contributed by atoms with Crippen LogP contribution >= 0.6 is 0 Å². The molecule has 0 aliphatic carbocycles. The summed E-state index contributed by atoms with van der Waals surface area (Å²) in [5.74, 6) is 0.816. The molecule has 2 N–H and O–H groups in total. The van der Waals surface area contributed by atoms with E-state index in [1.54, 1.807) is 0 Å². The van der Waals surface area contributed by atoms with E-state index < -0.39 is 6.10 Å². The minimum atomic E-state index is -0.513. The molecule has 0 heterocycles. The lowest BCUT2D eigenvalue weighted by Gasteiger charge is -2.34. The standard InChI is InChI=1S/C19H33NO2/c1-14-8-9-17(10-15(14)2)22-12-16(21)11-20-19(6,7)13-18(3,4)5/h8-10,16,20-21H,11-13H2,1-7H3. The molecule has 0 spiro atoms. The molecule has 1 aromatic carbocycles. The first-order valence-electron chi connectivity index (χ1n) is 8.12. The van der Waals surface area contributed by atoms with Gasteiger partial charge in [0.05, 0.1) is 0 Å². The van der Waals surface area contributed by atoms with Gasteiger partial charge >= 0.3 is 0 Å². The van der Waals surface area contributed by atoms with Crippen molar-refractivity contribution in [3.63, 3.8) is 0 Å². The van der Waals surface area contributed by atoms with Crippen LogP contribution in [0, 0.1) is 19.3 Å². The van der Waals surface area contributed by atoms with Crippen molar-refractivity contribution in [1.29, 1.82) is 0 Å². The molecule has 0 amide bonds. The molecule has 0 bridgehead atoms. The summed E-state index contributed by atoms with van der Waals surface area (Å²) in [5.41, 5.74) is 2.71. The summed E-state index contributed by atoms with van der Waals surface area (Å²) in [6.45, 7) is 16.0. The van der Waals surface area contributed by atoms with Gasteiger partial charge in [-0.25, -0.2) is 0 Å². The number of nitrogens with one attached hydrogen (secondary N) is 1. The quantitative estimate of drug-likeness (QED) is 0.804. The zero-order valence-electron chi connectivity index (χ0n) is 15.3. The summed E-state index contributed by atoms with van der Waals surface area (Å²) in [4.78, 5) is 0. The van der Waals surface area contributed by atoms with Crippen LogP contribution in [0.5, 0.6) is 5.75 Å². The number of β-amino-alcohol motifs (C(OH)–C–C–N with tert-alkyl or cyclic N) is 1. The van der Waals surface area contributed by atoms with Crippen molar-refractivity contribution in [3.05, 3.63) is 29.3 Å². The third-order valence-electron chi connectivity index (χ3n) is 3.71. The van der Waals surface area contributed by atoms with Gasteiger partial charge in [0.1, 0.15) is 18.5 Å². The zero-order valence-corrected chi connectivity index (χ0v) is 15.3. The Labute approximate surface area is 136 Å². The second kappa shape index (κ2) is 7.47. The molecule has 0 saturated heterocycles. The Morgan fingerprint density at radius 1 is 1.09 bits per heavy atom. The molecule has 22 heavy (non-hydrogen) atoms. The molecule has 0 aliphatic heterocycles. The predicted octanol–water partition coefficient (Wildman–Crippen LogP) is 3.85. The fourth-order valence-corrected chi connectivity index (χ4v) is 2.84. The maximum atomic E-state index is 10.1. The molecular weight excluding hydrogens is 274 g/mol. The van der Waals surface area contributed by atoms with Crippen molar-refractivity contribution in [2.24, 2.45) is 5.41 Å². The molecule has 1 aromatic rings. The summed E-state index contributed by atoms with van der Waals surface area (Å²) >= 11 is 0. The van der Waals surface area contributed by atoms with Crippen LogP contribution in [-0.4, -0.2) is 29.9 Å². The lowest BCUT2D eigenvalue weighted by Crippen LogP contribution is -2.46. The highest BCUT2D eigenvalue weighted by molar-refractivity contribution is 5.33. The number of aliphatic hydroxyl groups is 1. The summed E-state index contributed by atoms with van der Waals surface area (Å²) in [6, 6.07) is 6.01. The summed E-state index contributed by atoms with van der Waals surface area (Å²) in [7, 11) is 0. The Morgan fingerprint density at radius 2 is 1.73 bits per heavy atom. The van der Waals surface area contributed by atoms with E-state index in [1.165, 1.54) is 11.1 Å². The van der Waals surface area contributed by atoms with Gasteiger partial charge in [0, 0.05) is 12.1 Å². The Morgan fingerprint density at radius 3 is 2.27 bits per heavy atom. The van der Waals surface area contributed by atoms with Crippen molar-refractivity contribution in [2.45, 2.75) is 66.5 Å². The summed E-state index contributed by atoms with van der Waals surface area (Å²) in [5, 5.41) is 13.6.